The van der Waals surface area contributed by atoms with Crippen LogP contribution in [0.4, 0.5) is 0 Å². The Morgan fingerprint density at radius 3 is 2.64 bits per heavy atom. The Kier molecular flexibility index (Phi) is 2.19. The quantitative estimate of drug-likeness (QED) is 0.745. The van der Waals surface area contributed by atoms with E-state index in [4.69, 9.17) is 0 Å². The van der Waals surface area contributed by atoms with E-state index in [2.05, 4.69) is 6.58 Å². The van der Waals surface area contributed by atoms with Crippen LogP contribution < -0.4 is 0 Å². The van der Waals surface area contributed by atoms with Gasteiger partial charge >= 0.3 is 0 Å². The molecule has 0 heterocycles. The van der Waals surface area contributed by atoms with Gasteiger partial charge in [0, 0.05) is 5.41 Å². The number of sulfone groups is 1. The first-order valence-corrected chi connectivity index (χ1v) is 6.17. The Labute approximate surface area is 84.2 Å². The van der Waals surface area contributed by atoms with Crippen molar-refractivity contribution in [2.24, 2.45) is 0 Å². The van der Waals surface area contributed by atoms with E-state index in [0.717, 1.165) is 24.7 Å². The largest absolute Gasteiger partial charge is 0.219 e. The molecule has 0 radical (unpaired) electrons. The van der Waals surface area contributed by atoms with E-state index in [-0.39, 0.29) is 0 Å². The van der Waals surface area contributed by atoms with Gasteiger partial charge in [-0.1, -0.05) is 12.6 Å². The highest BCUT2D eigenvalue weighted by atomic mass is 32.2. The highest BCUT2D eigenvalue weighted by Gasteiger charge is 2.15. The summed E-state index contributed by atoms with van der Waals surface area (Å²) in [5.74, 6) is 0. The molecule has 14 heavy (non-hydrogen) atoms. The molecule has 0 N–H and O–H groups in total. The maximum absolute atomic E-state index is 11.5. The molecule has 1 aromatic rings. The van der Waals surface area contributed by atoms with Crippen LogP contribution in [0.3, 0.4) is 0 Å². The highest BCUT2D eigenvalue weighted by molar-refractivity contribution is 7.94. The zero-order valence-electron chi connectivity index (χ0n) is 7.86. The molecule has 1 aromatic carbocycles. The van der Waals surface area contributed by atoms with Crippen molar-refractivity contribution in [3.05, 3.63) is 41.3 Å². The SMILES string of the molecule is C=CS(=O)(=O)c1ccc2c(c1)CCC2. The van der Waals surface area contributed by atoms with Gasteiger partial charge in [-0.2, -0.15) is 0 Å². The summed E-state index contributed by atoms with van der Waals surface area (Å²) in [7, 11) is -3.26. The number of hydrogen-bond acceptors (Lipinski definition) is 2. The molecule has 2 nitrogen and oxygen atoms in total. The van der Waals surface area contributed by atoms with Crippen molar-refractivity contribution in [3.8, 4) is 0 Å². The molecule has 0 aliphatic heterocycles. The fourth-order valence-electron chi connectivity index (χ4n) is 1.82. The number of hydrogen-bond donors (Lipinski definition) is 0. The molecule has 0 amide bonds. The molecule has 0 atom stereocenters. The van der Waals surface area contributed by atoms with Gasteiger partial charge in [0.1, 0.15) is 0 Å². The Bertz CT molecular complexity index is 472. The zero-order chi connectivity index (χ0) is 10.2. The van der Waals surface area contributed by atoms with Gasteiger partial charge in [0.2, 0.25) is 0 Å². The van der Waals surface area contributed by atoms with Crippen LogP contribution in [0.2, 0.25) is 0 Å². The average Bonchev–Trinajstić information content (AvgIpc) is 2.64. The van der Waals surface area contributed by atoms with Crippen molar-refractivity contribution in [3.63, 3.8) is 0 Å². The second-order valence-electron chi connectivity index (χ2n) is 3.50. The van der Waals surface area contributed by atoms with Gasteiger partial charge in [0.15, 0.2) is 9.84 Å². The number of benzene rings is 1. The van der Waals surface area contributed by atoms with Crippen molar-refractivity contribution >= 4 is 9.84 Å². The molecule has 0 unspecified atom stereocenters. The molecular formula is C11H12O2S. The van der Waals surface area contributed by atoms with Crippen molar-refractivity contribution in [2.75, 3.05) is 0 Å². The van der Waals surface area contributed by atoms with Gasteiger partial charge in [0.25, 0.3) is 0 Å². The third kappa shape index (κ3) is 1.48. The van der Waals surface area contributed by atoms with Gasteiger partial charge < -0.3 is 0 Å². The third-order valence-corrected chi connectivity index (χ3v) is 3.97. The molecule has 0 aromatic heterocycles. The summed E-state index contributed by atoms with van der Waals surface area (Å²) in [6.07, 6.45) is 3.20. The fraction of sp³-hybridized carbons (Fsp3) is 0.273. The smallest absolute Gasteiger partial charge is 0.199 e. The van der Waals surface area contributed by atoms with Crippen molar-refractivity contribution in [1.82, 2.24) is 0 Å². The number of aryl methyl sites for hydroxylation is 2. The second-order valence-corrected chi connectivity index (χ2v) is 5.39. The summed E-state index contributed by atoms with van der Waals surface area (Å²) in [5, 5.41) is 1.00. The molecule has 0 spiro atoms. The Balaban J connectivity index is 2.53. The van der Waals surface area contributed by atoms with Crippen LogP contribution in [0.1, 0.15) is 17.5 Å². The maximum Gasteiger partial charge on any atom is 0.199 e. The highest BCUT2D eigenvalue weighted by Crippen LogP contribution is 2.25. The van der Waals surface area contributed by atoms with E-state index in [1.54, 1.807) is 12.1 Å². The predicted octanol–water partition coefficient (Wildman–Crippen LogP) is 2.09. The van der Waals surface area contributed by atoms with Crippen molar-refractivity contribution in [2.45, 2.75) is 24.2 Å². The van der Waals surface area contributed by atoms with Crippen molar-refractivity contribution < 1.29 is 8.42 Å². The van der Waals surface area contributed by atoms with E-state index in [1.165, 1.54) is 11.1 Å². The summed E-state index contributed by atoms with van der Waals surface area (Å²) in [6.45, 7) is 3.31. The molecule has 1 aliphatic rings. The first-order chi connectivity index (χ1) is 6.63. The number of rotatable bonds is 2. The average molecular weight is 208 g/mol. The van der Waals surface area contributed by atoms with Gasteiger partial charge in [0.05, 0.1) is 4.90 Å². The van der Waals surface area contributed by atoms with Gasteiger partial charge in [-0.25, -0.2) is 8.42 Å². The minimum atomic E-state index is -3.26. The Hall–Kier alpha value is -1.09. The standard InChI is InChI=1S/C11H12O2S/c1-2-14(12,13)11-7-6-9-4-3-5-10(9)8-11/h2,6-8H,1,3-5H2. The topological polar surface area (TPSA) is 34.1 Å². The predicted molar refractivity (Wildman–Crippen MR) is 55.8 cm³/mol. The molecule has 0 fully saturated rings. The summed E-state index contributed by atoms with van der Waals surface area (Å²) in [6, 6.07) is 5.36. The normalized spacial score (nSPS) is 15.1. The Morgan fingerprint density at radius 1 is 1.21 bits per heavy atom. The van der Waals surface area contributed by atoms with E-state index in [1.807, 2.05) is 6.07 Å². The first kappa shape index (κ1) is 9.46. The lowest BCUT2D eigenvalue weighted by atomic mass is 10.1. The van der Waals surface area contributed by atoms with E-state index in [0.29, 0.717) is 4.90 Å². The lowest BCUT2D eigenvalue weighted by Gasteiger charge is -2.02. The fourth-order valence-corrected chi connectivity index (χ4v) is 2.58. The second kappa shape index (κ2) is 3.24. The first-order valence-electron chi connectivity index (χ1n) is 4.63. The van der Waals surface area contributed by atoms with Gasteiger partial charge in [-0.3, -0.25) is 0 Å². The summed E-state index contributed by atoms with van der Waals surface area (Å²) in [4.78, 5) is 0.369. The van der Waals surface area contributed by atoms with Gasteiger partial charge in [-0.05, 0) is 42.5 Å². The lowest BCUT2D eigenvalue weighted by molar-refractivity contribution is 0.604. The molecule has 0 bridgehead atoms. The maximum atomic E-state index is 11.5. The van der Waals surface area contributed by atoms with Crippen LogP contribution in [0.15, 0.2) is 35.1 Å². The lowest BCUT2D eigenvalue weighted by Crippen LogP contribution is -1.96. The zero-order valence-corrected chi connectivity index (χ0v) is 8.68. The van der Waals surface area contributed by atoms with Crippen LogP contribution in [0.25, 0.3) is 0 Å². The molecule has 0 saturated heterocycles. The third-order valence-electron chi connectivity index (χ3n) is 2.62. The monoisotopic (exact) mass is 208 g/mol. The Morgan fingerprint density at radius 2 is 1.93 bits per heavy atom. The summed E-state index contributed by atoms with van der Waals surface area (Å²) < 4.78 is 23.0. The van der Waals surface area contributed by atoms with E-state index in [9.17, 15) is 8.42 Å². The van der Waals surface area contributed by atoms with Crippen LogP contribution in [0, 0.1) is 0 Å². The minimum absolute atomic E-state index is 0.369. The van der Waals surface area contributed by atoms with Gasteiger partial charge in [-0.15, -0.1) is 0 Å². The summed E-state index contributed by atoms with van der Waals surface area (Å²) in [5.41, 5.74) is 2.46. The number of fused-ring (bicyclic) bond motifs is 1. The molecule has 0 saturated carbocycles. The minimum Gasteiger partial charge on any atom is -0.219 e. The molecular weight excluding hydrogens is 196 g/mol. The molecule has 2 rings (SSSR count). The van der Waals surface area contributed by atoms with E-state index < -0.39 is 9.84 Å². The van der Waals surface area contributed by atoms with Crippen molar-refractivity contribution in [1.29, 1.82) is 0 Å². The van der Waals surface area contributed by atoms with Crippen LogP contribution in [-0.2, 0) is 22.7 Å². The summed E-state index contributed by atoms with van der Waals surface area (Å²) >= 11 is 0. The molecule has 74 valence electrons. The van der Waals surface area contributed by atoms with E-state index >= 15 is 0 Å². The molecule has 1 aliphatic carbocycles. The van der Waals surface area contributed by atoms with Crippen LogP contribution in [-0.4, -0.2) is 8.42 Å². The van der Waals surface area contributed by atoms with Crippen LogP contribution >= 0.6 is 0 Å². The molecule has 3 heteroatoms. The van der Waals surface area contributed by atoms with Crippen LogP contribution in [0.5, 0.6) is 0 Å².